The summed E-state index contributed by atoms with van der Waals surface area (Å²) >= 11 is 0. The quantitative estimate of drug-likeness (QED) is 0.376. The van der Waals surface area contributed by atoms with Crippen LogP contribution in [0.3, 0.4) is 0 Å². The van der Waals surface area contributed by atoms with E-state index in [1.54, 1.807) is 17.0 Å². The van der Waals surface area contributed by atoms with Gasteiger partial charge in [-0.1, -0.05) is 13.8 Å². The molecular formula is C26H33N9O2. The third kappa shape index (κ3) is 5.56. The number of aromatic nitrogens is 6. The van der Waals surface area contributed by atoms with Gasteiger partial charge in [-0.15, -0.1) is 0 Å². The highest BCUT2D eigenvalue weighted by Gasteiger charge is 2.22. The van der Waals surface area contributed by atoms with E-state index in [-0.39, 0.29) is 17.9 Å². The molecule has 1 fully saturated rings. The van der Waals surface area contributed by atoms with E-state index in [1.807, 2.05) is 35.2 Å². The maximum atomic E-state index is 11.7. The lowest BCUT2D eigenvalue weighted by Crippen LogP contribution is -2.36. The Hall–Kier alpha value is -3.99. The van der Waals surface area contributed by atoms with E-state index in [0.717, 1.165) is 48.4 Å². The average molecular weight is 504 g/mol. The molecule has 4 heterocycles. The number of hydrogen-bond acceptors (Lipinski definition) is 8. The fourth-order valence-electron chi connectivity index (χ4n) is 4.54. The highest BCUT2D eigenvalue weighted by Crippen LogP contribution is 2.26. The minimum Gasteiger partial charge on any atom is -0.460 e. The van der Waals surface area contributed by atoms with E-state index in [4.69, 9.17) is 14.7 Å². The van der Waals surface area contributed by atoms with Crippen LogP contribution in [0.4, 0.5) is 11.6 Å². The zero-order valence-electron chi connectivity index (χ0n) is 21.7. The van der Waals surface area contributed by atoms with E-state index in [2.05, 4.69) is 46.5 Å². The molecule has 37 heavy (non-hydrogen) atoms. The van der Waals surface area contributed by atoms with Crippen molar-refractivity contribution < 1.29 is 9.53 Å². The molecule has 1 amide bonds. The second-order valence-corrected chi connectivity index (χ2v) is 9.79. The number of nitrogens with zero attached hydrogens (tertiary/aromatic N) is 7. The van der Waals surface area contributed by atoms with Crippen LogP contribution in [-0.4, -0.2) is 66.2 Å². The Morgan fingerprint density at radius 2 is 2.03 bits per heavy atom. The molecule has 0 saturated carbocycles. The van der Waals surface area contributed by atoms with E-state index < -0.39 is 0 Å². The standard InChI is InChI=1S/C26H33N9O2/c1-17(2)22-15-29-35-24(22)31-26(37-21-7-10-33(4)11-8-21)32-25(35)28-14-19-13-20(30-18(3)36)5-6-23(19)34-12-9-27-16-34/h5-6,9,12-13,15-17,21H,7-8,10-11,14H2,1-4H3,(H,30,36)(H,28,31,32). The maximum Gasteiger partial charge on any atom is 0.322 e. The number of amides is 1. The van der Waals surface area contributed by atoms with Crippen LogP contribution in [0.5, 0.6) is 6.01 Å². The lowest BCUT2D eigenvalue weighted by Gasteiger charge is -2.28. The van der Waals surface area contributed by atoms with Crippen molar-refractivity contribution in [3.05, 3.63) is 54.2 Å². The molecule has 1 aromatic carbocycles. The molecule has 5 rings (SSSR count). The fourth-order valence-corrected chi connectivity index (χ4v) is 4.54. The first-order valence-electron chi connectivity index (χ1n) is 12.6. The van der Waals surface area contributed by atoms with Gasteiger partial charge in [0.2, 0.25) is 11.9 Å². The van der Waals surface area contributed by atoms with Crippen molar-refractivity contribution in [1.82, 2.24) is 34.0 Å². The van der Waals surface area contributed by atoms with Crippen LogP contribution < -0.4 is 15.4 Å². The van der Waals surface area contributed by atoms with Gasteiger partial charge >= 0.3 is 6.01 Å². The van der Waals surface area contributed by atoms with Crippen molar-refractivity contribution in [2.24, 2.45) is 0 Å². The van der Waals surface area contributed by atoms with Crippen molar-refractivity contribution >= 4 is 23.2 Å². The highest BCUT2D eigenvalue weighted by atomic mass is 16.5. The van der Waals surface area contributed by atoms with E-state index in [9.17, 15) is 4.79 Å². The number of rotatable bonds is 8. The topological polar surface area (TPSA) is 114 Å². The molecule has 11 nitrogen and oxygen atoms in total. The van der Waals surface area contributed by atoms with Gasteiger partial charge in [-0.3, -0.25) is 4.79 Å². The molecule has 0 atom stereocenters. The van der Waals surface area contributed by atoms with Gasteiger partial charge < -0.3 is 24.8 Å². The Kier molecular flexibility index (Phi) is 7.04. The van der Waals surface area contributed by atoms with Gasteiger partial charge in [-0.05, 0) is 49.6 Å². The fraction of sp³-hybridized carbons (Fsp3) is 0.423. The van der Waals surface area contributed by atoms with Crippen LogP contribution in [-0.2, 0) is 11.3 Å². The summed E-state index contributed by atoms with van der Waals surface area (Å²) in [5.74, 6) is 0.667. The van der Waals surface area contributed by atoms with Gasteiger partial charge in [0, 0.05) is 50.2 Å². The summed E-state index contributed by atoms with van der Waals surface area (Å²) in [5, 5.41) is 10.9. The summed E-state index contributed by atoms with van der Waals surface area (Å²) in [6, 6.07) is 6.13. The molecule has 0 bridgehead atoms. The molecule has 1 saturated heterocycles. The van der Waals surface area contributed by atoms with Crippen molar-refractivity contribution in [1.29, 1.82) is 0 Å². The summed E-state index contributed by atoms with van der Waals surface area (Å²) in [7, 11) is 2.13. The summed E-state index contributed by atoms with van der Waals surface area (Å²) in [4.78, 5) is 27.6. The molecule has 194 valence electrons. The number of fused-ring (bicyclic) bond motifs is 1. The van der Waals surface area contributed by atoms with Gasteiger partial charge in [0.05, 0.1) is 18.2 Å². The van der Waals surface area contributed by atoms with Crippen LogP contribution in [0.1, 0.15) is 50.7 Å². The second-order valence-electron chi connectivity index (χ2n) is 9.79. The van der Waals surface area contributed by atoms with Gasteiger partial charge in [-0.2, -0.15) is 19.6 Å². The van der Waals surface area contributed by atoms with Gasteiger partial charge in [-0.25, -0.2) is 4.98 Å². The first kappa shape index (κ1) is 24.7. The Balaban J connectivity index is 1.47. The van der Waals surface area contributed by atoms with E-state index >= 15 is 0 Å². The number of carbonyl (C=O) groups excluding carboxylic acids is 1. The van der Waals surface area contributed by atoms with E-state index in [1.165, 1.54) is 6.92 Å². The van der Waals surface area contributed by atoms with Crippen LogP contribution in [0.15, 0.2) is 43.1 Å². The second kappa shape index (κ2) is 10.6. The summed E-state index contributed by atoms with van der Waals surface area (Å²) in [5.41, 5.74) is 4.37. The number of anilines is 2. The Bertz CT molecular complexity index is 1370. The van der Waals surface area contributed by atoms with Crippen LogP contribution in [0, 0.1) is 0 Å². The normalized spacial score (nSPS) is 14.8. The van der Waals surface area contributed by atoms with Gasteiger partial charge in [0.15, 0.2) is 5.65 Å². The SMILES string of the molecule is CC(=O)Nc1ccc(-n2ccnc2)c(CNc2nc(OC3CCN(C)CC3)nc3c(C(C)C)cnn23)c1. The summed E-state index contributed by atoms with van der Waals surface area (Å²) < 4.78 is 9.93. The number of hydrogen-bond donors (Lipinski definition) is 2. The zero-order chi connectivity index (χ0) is 25.9. The van der Waals surface area contributed by atoms with Crippen molar-refractivity contribution in [3.63, 3.8) is 0 Å². The third-order valence-electron chi connectivity index (χ3n) is 6.55. The van der Waals surface area contributed by atoms with Crippen LogP contribution in [0.2, 0.25) is 0 Å². The zero-order valence-corrected chi connectivity index (χ0v) is 21.7. The van der Waals surface area contributed by atoms with Crippen LogP contribution in [0.25, 0.3) is 11.3 Å². The number of piperidine rings is 1. The third-order valence-corrected chi connectivity index (χ3v) is 6.55. The van der Waals surface area contributed by atoms with Gasteiger partial charge in [0.1, 0.15) is 6.10 Å². The lowest BCUT2D eigenvalue weighted by atomic mass is 10.1. The number of carbonyl (C=O) groups is 1. The van der Waals surface area contributed by atoms with Crippen LogP contribution >= 0.6 is 0 Å². The largest absolute Gasteiger partial charge is 0.460 e. The molecule has 0 aliphatic carbocycles. The number of imidazole rings is 1. The van der Waals surface area contributed by atoms with Crippen molar-refractivity contribution in [2.45, 2.75) is 52.2 Å². The molecule has 11 heteroatoms. The molecule has 0 radical (unpaired) electrons. The van der Waals surface area contributed by atoms with Gasteiger partial charge in [0.25, 0.3) is 0 Å². The molecule has 0 unspecified atom stereocenters. The first-order chi connectivity index (χ1) is 17.9. The molecule has 1 aliphatic rings. The summed E-state index contributed by atoms with van der Waals surface area (Å²) in [6.45, 7) is 8.14. The minimum absolute atomic E-state index is 0.0825. The Morgan fingerprint density at radius 3 is 2.73 bits per heavy atom. The molecule has 2 N–H and O–H groups in total. The number of likely N-dealkylation sites (tertiary alicyclic amines) is 1. The monoisotopic (exact) mass is 503 g/mol. The number of nitrogens with one attached hydrogen (secondary N) is 2. The predicted molar refractivity (Wildman–Crippen MR) is 141 cm³/mol. The molecule has 1 aliphatic heterocycles. The minimum atomic E-state index is -0.125. The Morgan fingerprint density at radius 1 is 1.22 bits per heavy atom. The average Bonchev–Trinajstić information content (AvgIpc) is 3.54. The number of ether oxygens (including phenoxy) is 1. The van der Waals surface area contributed by atoms with E-state index in [0.29, 0.717) is 24.2 Å². The predicted octanol–water partition coefficient (Wildman–Crippen LogP) is 3.48. The smallest absolute Gasteiger partial charge is 0.322 e. The summed E-state index contributed by atoms with van der Waals surface area (Å²) in [6.07, 6.45) is 9.16. The number of benzene rings is 1. The Labute approximate surface area is 215 Å². The van der Waals surface area contributed by atoms with Crippen molar-refractivity contribution in [2.75, 3.05) is 30.8 Å². The first-order valence-corrected chi connectivity index (χ1v) is 12.6. The lowest BCUT2D eigenvalue weighted by molar-refractivity contribution is -0.114. The highest BCUT2D eigenvalue weighted by molar-refractivity contribution is 5.89. The molecular weight excluding hydrogens is 470 g/mol. The molecule has 0 spiro atoms. The maximum absolute atomic E-state index is 11.7. The molecule has 3 aromatic heterocycles. The molecule has 4 aromatic rings. The van der Waals surface area contributed by atoms with Crippen molar-refractivity contribution in [3.8, 4) is 11.7 Å².